The van der Waals surface area contributed by atoms with Gasteiger partial charge in [-0.3, -0.25) is 4.79 Å². The third kappa shape index (κ3) is 5.08. The maximum atomic E-state index is 12.8. The number of nitrogens with zero attached hydrogens (tertiary/aromatic N) is 1. The van der Waals surface area contributed by atoms with Gasteiger partial charge >= 0.3 is 0 Å². The van der Waals surface area contributed by atoms with E-state index in [4.69, 9.17) is 4.43 Å². The van der Waals surface area contributed by atoms with E-state index >= 15 is 0 Å². The molecule has 1 aliphatic heterocycles. The first kappa shape index (κ1) is 24.2. The number of rotatable bonds is 7. The van der Waals surface area contributed by atoms with Gasteiger partial charge in [-0.1, -0.05) is 111 Å². The average Bonchev–Trinajstić information content (AvgIpc) is 3.04. The summed E-state index contributed by atoms with van der Waals surface area (Å²) in [6, 6.07) is 31.5. The number of hydrogen-bond acceptors (Lipinski definition) is 2. The molecule has 4 rings (SSSR count). The summed E-state index contributed by atoms with van der Waals surface area (Å²) >= 11 is 0. The molecule has 0 unspecified atom stereocenters. The van der Waals surface area contributed by atoms with Crippen molar-refractivity contribution in [3.8, 4) is 0 Å². The zero-order chi connectivity index (χ0) is 24.0. The monoisotopic (exact) mass is 469 g/mol. The highest BCUT2D eigenvalue weighted by atomic mass is 28.4. The van der Waals surface area contributed by atoms with E-state index in [9.17, 15) is 4.79 Å². The second-order valence-electron chi connectivity index (χ2n) is 9.96. The van der Waals surface area contributed by atoms with Gasteiger partial charge in [0, 0.05) is 25.3 Å². The molecule has 1 amide bonds. The zero-order valence-corrected chi connectivity index (χ0v) is 21.5. The van der Waals surface area contributed by atoms with Crippen molar-refractivity contribution in [1.29, 1.82) is 0 Å². The molecule has 0 spiro atoms. The van der Waals surface area contributed by atoms with Crippen LogP contribution in [0.4, 0.5) is 5.69 Å². The van der Waals surface area contributed by atoms with Crippen LogP contribution in [-0.4, -0.2) is 27.4 Å². The second-order valence-corrected chi connectivity index (χ2v) is 14.3. The second kappa shape index (κ2) is 10.5. The van der Waals surface area contributed by atoms with Gasteiger partial charge in [-0.2, -0.15) is 0 Å². The highest BCUT2D eigenvalue weighted by Crippen LogP contribution is 2.37. The molecule has 0 radical (unpaired) electrons. The van der Waals surface area contributed by atoms with Gasteiger partial charge in [0.15, 0.2) is 0 Å². The normalized spacial score (nSPS) is 15.1. The molecule has 1 aliphatic rings. The van der Waals surface area contributed by atoms with Crippen LogP contribution < -0.4 is 15.3 Å². The molecule has 0 atom stereocenters. The van der Waals surface area contributed by atoms with Gasteiger partial charge in [0.05, 0.1) is 0 Å². The van der Waals surface area contributed by atoms with Crippen LogP contribution in [0.25, 0.3) is 0 Å². The van der Waals surface area contributed by atoms with E-state index in [2.05, 4.69) is 87.5 Å². The minimum Gasteiger partial charge on any atom is -0.407 e. The first-order valence-electron chi connectivity index (χ1n) is 12.2. The lowest BCUT2D eigenvalue weighted by atomic mass is 10.1. The third-order valence-electron chi connectivity index (χ3n) is 6.75. The molecular formula is C30H35NO2Si. The smallest absolute Gasteiger partial charge is 0.261 e. The fraction of sp³-hybridized carbons (Fsp3) is 0.300. The highest BCUT2D eigenvalue weighted by molar-refractivity contribution is 6.99. The van der Waals surface area contributed by atoms with Gasteiger partial charge in [-0.25, -0.2) is 0 Å². The number of anilines is 1. The minimum atomic E-state index is -2.53. The minimum absolute atomic E-state index is 0.0341. The van der Waals surface area contributed by atoms with Crippen molar-refractivity contribution in [2.45, 2.75) is 45.1 Å². The molecule has 0 saturated heterocycles. The SMILES string of the molecule is CC(C)(C)[Si](OCCC1=CCC(=O)N(c2ccccc2)CC1)(c1ccccc1)c1ccccc1. The Hall–Kier alpha value is -2.95. The van der Waals surface area contributed by atoms with Crippen LogP contribution in [0.5, 0.6) is 0 Å². The summed E-state index contributed by atoms with van der Waals surface area (Å²) < 4.78 is 7.05. The first-order valence-corrected chi connectivity index (χ1v) is 14.1. The third-order valence-corrected chi connectivity index (χ3v) is 11.8. The van der Waals surface area contributed by atoms with Gasteiger partial charge in [0.25, 0.3) is 8.32 Å². The van der Waals surface area contributed by atoms with Crippen LogP contribution in [-0.2, 0) is 9.22 Å². The Morgan fingerprint density at radius 3 is 1.88 bits per heavy atom. The van der Waals surface area contributed by atoms with E-state index in [-0.39, 0.29) is 10.9 Å². The van der Waals surface area contributed by atoms with Gasteiger partial charge in [-0.05, 0) is 40.4 Å². The topological polar surface area (TPSA) is 29.5 Å². The van der Waals surface area contributed by atoms with Crippen LogP contribution in [0.3, 0.4) is 0 Å². The predicted octanol–water partition coefficient (Wildman–Crippen LogP) is 5.71. The quantitative estimate of drug-likeness (QED) is 0.328. The predicted molar refractivity (Wildman–Crippen MR) is 144 cm³/mol. The van der Waals surface area contributed by atoms with Gasteiger partial charge < -0.3 is 9.33 Å². The Morgan fingerprint density at radius 2 is 1.35 bits per heavy atom. The molecular weight excluding hydrogens is 434 g/mol. The van der Waals surface area contributed by atoms with E-state index in [1.54, 1.807) is 0 Å². The lowest BCUT2D eigenvalue weighted by Crippen LogP contribution is -2.66. The van der Waals surface area contributed by atoms with Crippen LogP contribution in [0.15, 0.2) is 103 Å². The Balaban J connectivity index is 1.53. The maximum absolute atomic E-state index is 12.8. The van der Waals surface area contributed by atoms with Crippen molar-refractivity contribution in [2.75, 3.05) is 18.1 Å². The molecule has 1 heterocycles. The fourth-order valence-electron chi connectivity index (χ4n) is 5.03. The Bertz CT molecular complexity index is 1070. The molecule has 34 heavy (non-hydrogen) atoms. The first-order chi connectivity index (χ1) is 16.4. The molecule has 3 aromatic carbocycles. The van der Waals surface area contributed by atoms with E-state index < -0.39 is 8.32 Å². The highest BCUT2D eigenvalue weighted by Gasteiger charge is 2.50. The molecule has 4 heteroatoms. The van der Waals surface area contributed by atoms with E-state index in [1.807, 2.05) is 35.2 Å². The summed E-state index contributed by atoms with van der Waals surface area (Å²) in [5.74, 6) is 0.161. The van der Waals surface area contributed by atoms with Crippen LogP contribution in [0.1, 0.15) is 40.0 Å². The Kier molecular flexibility index (Phi) is 7.49. The van der Waals surface area contributed by atoms with Crippen LogP contribution in [0.2, 0.25) is 5.04 Å². The molecule has 0 aliphatic carbocycles. The number of para-hydroxylation sites is 1. The number of hydrogen-bond donors (Lipinski definition) is 0. The van der Waals surface area contributed by atoms with Crippen molar-refractivity contribution in [1.82, 2.24) is 0 Å². The molecule has 0 aromatic heterocycles. The standard InChI is InChI=1S/C30H35NO2Si/c1-30(2,3)34(27-15-9-5-10-16-27,28-17-11-6-12-18-28)33-24-22-25-19-20-29(32)31(23-21-25)26-13-7-4-8-14-26/h4-19H,20-24H2,1-3H3. The molecule has 176 valence electrons. The summed E-state index contributed by atoms with van der Waals surface area (Å²) in [5, 5.41) is 2.57. The lowest BCUT2D eigenvalue weighted by molar-refractivity contribution is -0.117. The van der Waals surface area contributed by atoms with Crippen molar-refractivity contribution >= 4 is 30.3 Å². The van der Waals surface area contributed by atoms with Crippen molar-refractivity contribution in [3.05, 3.63) is 103 Å². The molecule has 3 aromatic rings. The van der Waals surface area contributed by atoms with Gasteiger partial charge in [-0.15, -0.1) is 0 Å². The van der Waals surface area contributed by atoms with Crippen LogP contribution in [0, 0.1) is 0 Å². The fourth-order valence-corrected chi connectivity index (χ4v) is 9.59. The number of amides is 1. The van der Waals surface area contributed by atoms with Crippen molar-refractivity contribution in [3.63, 3.8) is 0 Å². The average molecular weight is 470 g/mol. The molecule has 3 nitrogen and oxygen atoms in total. The number of benzene rings is 3. The van der Waals surface area contributed by atoms with Crippen LogP contribution >= 0.6 is 0 Å². The van der Waals surface area contributed by atoms with E-state index in [0.29, 0.717) is 19.6 Å². The zero-order valence-electron chi connectivity index (χ0n) is 20.5. The summed E-state index contributed by atoms with van der Waals surface area (Å²) in [4.78, 5) is 14.7. The van der Waals surface area contributed by atoms with Gasteiger partial charge in [0.1, 0.15) is 0 Å². The largest absolute Gasteiger partial charge is 0.407 e. The van der Waals surface area contributed by atoms with Crippen molar-refractivity contribution in [2.24, 2.45) is 0 Å². The molecule has 0 saturated carbocycles. The van der Waals surface area contributed by atoms with E-state index in [1.165, 1.54) is 15.9 Å². The number of carbonyl (C=O) groups is 1. The Morgan fingerprint density at radius 1 is 0.824 bits per heavy atom. The summed E-state index contributed by atoms with van der Waals surface area (Å²) in [5.41, 5.74) is 2.29. The summed E-state index contributed by atoms with van der Waals surface area (Å²) in [6.07, 6.45) is 4.30. The summed E-state index contributed by atoms with van der Waals surface area (Å²) in [7, 11) is -2.53. The molecule has 0 N–H and O–H groups in total. The van der Waals surface area contributed by atoms with Gasteiger partial charge in [0.2, 0.25) is 5.91 Å². The summed E-state index contributed by atoms with van der Waals surface area (Å²) in [6.45, 7) is 8.29. The lowest BCUT2D eigenvalue weighted by Gasteiger charge is -2.43. The maximum Gasteiger partial charge on any atom is 0.261 e. The van der Waals surface area contributed by atoms with Crippen molar-refractivity contribution < 1.29 is 9.22 Å². The Labute approximate surface area is 205 Å². The van der Waals surface area contributed by atoms with E-state index in [0.717, 1.165) is 18.5 Å². The molecule has 0 bridgehead atoms. The number of carbonyl (C=O) groups excluding carboxylic acids is 1. The molecule has 0 fully saturated rings.